The van der Waals surface area contributed by atoms with Gasteiger partial charge in [0.2, 0.25) is 10.0 Å². The molecule has 7 heteroatoms. The first-order chi connectivity index (χ1) is 11.0. The van der Waals surface area contributed by atoms with Gasteiger partial charge in [0.25, 0.3) is 0 Å². The first-order valence-corrected chi connectivity index (χ1v) is 9.75. The maximum Gasteiger partial charge on any atom is 0.243 e. The van der Waals surface area contributed by atoms with Gasteiger partial charge in [0, 0.05) is 19.1 Å². The number of nitrogens with one attached hydrogen (secondary N) is 1. The number of sulfonamides is 1. The standard InChI is InChI=1S/C16H20ClN3O2S/c17-16-4-3-15(9-13(16)10-18)23(21,22)20-7-5-14(6-8-20)19-11-12-1-2-12/h3-4,9,12,14,19H,1-2,5-8,11H2. The molecule has 1 heterocycles. The molecule has 1 saturated carbocycles. The molecule has 1 aromatic rings. The second-order valence-electron chi connectivity index (χ2n) is 6.28. The van der Waals surface area contributed by atoms with Crippen LogP contribution in [0.1, 0.15) is 31.2 Å². The van der Waals surface area contributed by atoms with E-state index in [4.69, 9.17) is 16.9 Å². The van der Waals surface area contributed by atoms with Gasteiger partial charge in [-0.05, 0) is 56.3 Å². The first kappa shape index (κ1) is 16.7. The summed E-state index contributed by atoms with van der Waals surface area (Å²) < 4.78 is 26.9. The average molecular weight is 354 g/mol. The molecule has 3 rings (SSSR count). The SMILES string of the molecule is N#Cc1cc(S(=O)(=O)N2CCC(NCC3CC3)CC2)ccc1Cl. The molecule has 0 unspecified atom stereocenters. The number of hydrogen-bond donors (Lipinski definition) is 1. The van der Waals surface area contributed by atoms with Crippen molar-refractivity contribution in [3.8, 4) is 6.07 Å². The monoisotopic (exact) mass is 353 g/mol. The quantitative estimate of drug-likeness (QED) is 0.881. The molecule has 0 bridgehead atoms. The van der Waals surface area contributed by atoms with Crippen LogP contribution in [0.25, 0.3) is 0 Å². The predicted molar refractivity (Wildman–Crippen MR) is 88.7 cm³/mol. The highest BCUT2D eigenvalue weighted by Gasteiger charge is 2.30. The minimum atomic E-state index is -3.56. The fourth-order valence-electron chi connectivity index (χ4n) is 2.86. The molecule has 0 radical (unpaired) electrons. The van der Waals surface area contributed by atoms with Gasteiger partial charge in [0.15, 0.2) is 0 Å². The van der Waals surface area contributed by atoms with E-state index in [2.05, 4.69) is 5.32 Å². The Morgan fingerprint density at radius 1 is 1.26 bits per heavy atom. The Morgan fingerprint density at radius 3 is 2.57 bits per heavy atom. The molecule has 0 amide bonds. The van der Waals surface area contributed by atoms with Crippen molar-refractivity contribution in [1.82, 2.24) is 9.62 Å². The fraction of sp³-hybridized carbons (Fsp3) is 0.562. The number of hydrogen-bond acceptors (Lipinski definition) is 4. The van der Waals surface area contributed by atoms with Crippen LogP contribution in [0.5, 0.6) is 0 Å². The highest BCUT2D eigenvalue weighted by Crippen LogP contribution is 2.29. The molecular formula is C16H20ClN3O2S. The maximum absolute atomic E-state index is 12.7. The molecule has 1 saturated heterocycles. The Morgan fingerprint density at radius 2 is 1.96 bits per heavy atom. The Kier molecular flexibility index (Phi) is 4.93. The first-order valence-electron chi connectivity index (χ1n) is 7.94. The lowest BCUT2D eigenvalue weighted by Crippen LogP contribution is -2.45. The summed E-state index contributed by atoms with van der Waals surface area (Å²) >= 11 is 5.88. The van der Waals surface area contributed by atoms with E-state index >= 15 is 0 Å². The zero-order valence-electron chi connectivity index (χ0n) is 12.8. The van der Waals surface area contributed by atoms with E-state index in [-0.39, 0.29) is 15.5 Å². The third kappa shape index (κ3) is 3.86. The number of rotatable bonds is 5. The van der Waals surface area contributed by atoms with Crippen LogP contribution in [0.15, 0.2) is 23.1 Å². The minimum Gasteiger partial charge on any atom is -0.314 e. The van der Waals surface area contributed by atoms with E-state index in [1.165, 1.54) is 35.3 Å². The summed E-state index contributed by atoms with van der Waals surface area (Å²) in [4.78, 5) is 0.142. The van der Waals surface area contributed by atoms with Crippen molar-refractivity contribution >= 4 is 21.6 Å². The molecule has 0 atom stereocenters. The number of nitrogens with zero attached hydrogens (tertiary/aromatic N) is 2. The van der Waals surface area contributed by atoms with Gasteiger partial charge >= 0.3 is 0 Å². The summed E-state index contributed by atoms with van der Waals surface area (Å²) in [5, 5.41) is 12.8. The van der Waals surface area contributed by atoms with Crippen LogP contribution in [0, 0.1) is 17.2 Å². The number of piperidine rings is 1. The van der Waals surface area contributed by atoms with Crippen molar-refractivity contribution in [2.24, 2.45) is 5.92 Å². The van der Waals surface area contributed by atoms with E-state index in [0.717, 1.165) is 25.3 Å². The molecule has 1 aliphatic heterocycles. The Hall–Kier alpha value is -1.13. The normalized spacial score (nSPS) is 20.3. The Bertz CT molecular complexity index is 717. The van der Waals surface area contributed by atoms with E-state index in [1.54, 1.807) is 0 Å². The van der Waals surface area contributed by atoms with Crippen LogP contribution < -0.4 is 5.32 Å². The average Bonchev–Trinajstić information content (AvgIpc) is 3.38. The predicted octanol–water partition coefficient (Wildman–Crippen LogP) is 2.36. The van der Waals surface area contributed by atoms with Crippen molar-refractivity contribution in [3.05, 3.63) is 28.8 Å². The Balaban J connectivity index is 1.65. The highest BCUT2D eigenvalue weighted by atomic mass is 35.5. The number of halogens is 1. The number of nitriles is 1. The second kappa shape index (κ2) is 6.78. The summed E-state index contributed by atoms with van der Waals surface area (Å²) in [6.45, 7) is 2.07. The highest BCUT2D eigenvalue weighted by molar-refractivity contribution is 7.89. The molecule has 1 aliphatic carbocycles. The van der Waals surface area contributed by atoms with Crippen molar-refractivity contribution in [1.29, 1.82) is 5.26 Å². The summed E-state index contributed by atoms with van der Waals surface area (Å²) in [6, 6.07) is 6.62. The van der Waals surface area contributed by atoms with Crippen LogP contribution in [0.3, 0.4) is 0 Å². The molecular weight excluding hydrogens is 334 g/mol. The minimum absolute atomic E-state index is 0.142. The molecule has 1 N–H and O–H groups in total. The Labute approximate surface area is 142 Å². The summed E-state index contributed by atoms with van der Waals surface area (Å²) in [6.07, 6.45) is 4.28. The van der Waals surface area contributed by atoms with E-state index in [0.29, 0.717) is 19.1 Å². The van der Waals surface area contributed by atoms with Gasteiger partial charge in [-0.1, -0.05) is 11.6 Å². The van der Waals surface area contributed by atoms with Gasteiger partial charge in [-0.3, -0.25) is 0 Å². The largest absolute Gasteiger partial charge is 0.314 e. The zero-order valence-corrected chi connectivity index (χ0v) is 14.4. The van der Waals surface area contributed by atoms with Crippen LogP contribution in [-0.2, 0) is 10.0 Å². The lowest BCUT2D eigenvalue weighted by atomic mass is 10.1. The van der Waals surface area contributed by atoms with E-state index in [9.17, 15) is 8.42 Å². The smallest absolute Gasteiger partial charge is 0.243 e. The van der Waals surface area contributed by atoms with Gasteiger partial charge in [0.1, 0.15) is 6.07 Å². The maximum atomic E-state index is 12.7. The van der Waals surface area contributed by atoms with Crippen LogP contribution in [0.4, 0.5) is 0 Å². The third-order valence-electron chi connectivity index (χ3n) is 4.54. The van der Waals surface area contributed by atoms with Gasteiger partial charge in [-0.2, -0.15) is 9.57 Å². The molecule has 0 aromatic heterocycles. The zero-order chi connectivity index (χ0) is 16.4. The second-order valence-corrected chi connectivity index (χ2v) is 8.63. The summed E-state index contributed by atoms with van der Waals surface area (Å²) in [5.74, 6) is 0.829. The molecule has 124 valence electrons. The van der Waals surface area contributed by atoms with Gasteiger partial charge in [-0.15, -0.1) is 0 Å². The molecule has 0 spiro atoms. The fourth-order valence-corrected chi connectivity index (χ4v) is 4.51. The molecule has 2 fully saturated rings. The van der Waals surface area contributed by atoms with E-state index < -0.39 is 10.0 Å². The van der Waals surface area contributed by atoms with Crippen LogP contribution in [-0.4, -0.2) is 38.4 Å². The molecule has 5 nitrogen and oxygen atoms in total. The van der Waals surface area contributed by atoms with Crippen molar-refractivity contribution in [2.75, 3.05) is 19.6 Å². The van der Waals surface area contributed by atoms with Gasteiger partial charge in [-0.25, -0.2) is 8.42 Å². The van der Waals surface area contributed by atoms with Gasteiger partial charge in [0.05, 0.1) is 15.5 Å². The van der Waals surface area contributed by atoms with Crippen molar-refractivity contribution in [2.45, 2.75) is 36.6 Å². The van der Waals surface area contributed by atoms with Crippen LogP contribution >= 0.6 is 11.6 Å². The molecule has 1 aromatic carbocycles. The van der Waals surface area contributed by atoms with Gasteiger partial charge < -0.3 is 5.32 Å². The summed E-state index contributed by atoms with van der Waals surface area (Å²) in [5.41, 5.74) is 0.189. The van der Waals surface area contributed by atoms with E-state index in [1.807, 2.05) is 6.07 Å². The van der Waals surface area contributed by atoms with Crippen LogP contribution in [0.2, 0.25) is 5.02 Å². The van der Waals surface area contributed by atoms with Crippen molar-refractivity contribution < 1.29 is 8.42 Å². The number of benzene rings is 1. The lowest BCUT2D eigenvalue weighted by Gasteiger charge is -2.31. The molecule has 23 heavy (non-hydrogen) atoms. The topological polar surface area (TPSA) is 73.2 Å². The lowest BCUT2D eigenvalue weighted by molar-refractivity contribution is 0.288. The molecule has 2 aliphatic rings. The summed E-state index contributed by atoms with van der Waals surface area (Å²) in [7, 11) is -3.56. The van der Waals surface area contributed by atoms with Crippen molar-refractivity contribution in [3.63, 3.8) is 0 Å². The third-order valence-corrected chi connectivity index (χ3v) is 6.77.